The van der Waals surface area contributed by atoms with Crippen molar-refractivity contribution in [3.05, 3.63) is 23.3 Å². The Bertz CT molecular complexity index is 338. The minimum atomic E-state index is -0.247. The van der Waals surface area contributed by atoms with Gasteiger partial charge in [-0.3, -0.25) is 4.79 Å². The average molecular weight is 252 g/mol. The van der Waals surface area contributed by atoms with Crippen LogP contribution >= 0.6 is 0 Å². The molecule has 0 radical (unpaired) electrons. The second kappa shape index (κ2) is 9.63. The quantitative estimate of drug-likeness (QED) is 0.490. The number of carbonyl (C=O) groups excluding carboxylic acids is 2. The van der Waals surface area contributed by atoms with E-state index >= 15 is 0 Å². The van der Waals surface area contributed by atoms with Gasteiger partial charge in [-0.05, 0) is 45.6 Å². The fourth-order valence-corrected chi connectivity index (χ4v) is 1.44. The molecule has 0 rings (SSSR count). The Labute approximate surface area is 110 Å². The van der Waals surface area contributed by atoms with Crippen LogP contribution in [0.2, 0.25) is 0 Å². The summed E-state index contributed by atoms with van der Waals surface area (Å²) in [5, 5.41) is 0. The lowest BCUT2D eigenvalue weighted by Gasteiger charge is -2.02. The van der Waals surface area contributed by atoms with Gasteiger partial charge in [0.15, 0.2) is 0 Å². The number of hydrogen-bond donors (Lipinski definition) is 0. The Morgan fingerprint density at radius 1 is 0.889 bits per heavy atom. The minimum absolute atomic E-state index is 0.233. The zero-order chi connectivity index (χ0) is 14.0. The molecule has 0 aromatic heterocycles. The van der Waals surface area contributed by atoms with Crippen LogP contribution in [0, 0.1) is 0 Å². The van der Waals surface area contributed by atoms with Gasteiger partial charge in [0.05, 0.1) is 0 Å². The number of esters is 1. The first-order valence-electron chi connectivity index (χ1n) is 6.36. The van der Waals surface area contributed by atoms with Crippen LogP contribution in [0.15, 0.2) is 23.3 Å². The molecule has 0 aromatic rings. The topological polar surface area (TPSA) is 43.4 Å². The molecular weight excluding hydrogens is 228 g/mol. The van der Waals surface area contributed by atoms with E-state index in [0.717, 1.165) is 24.8 Å². The lowest BCUT2D eigenvalue weighted by molar-refractivity contribution is -0.140. The summed E-state index contributed by atoms with van der Waals surface area (Å²) < 4.78 is 4.89. The molecule has 0 saturated carbocycles. The smallest absolute Gasteiger partial charge is 0.302 e. The van der Waals surface area contributed by atoms with Crippen LogP contribution in [0.4, 0.5) is 0 Å². The van der Waals surface area contributed by atoms with E-state index in [0.29, 0.717) is 13.0 Å². The van der Waals surface area contributed by atoms with Crippen LogP contribution < -0.4 is 0 Å². The summed E-state index contributed by atoms with van der Waals surface area (Å²) >= 11 is 0. The monoisotopic (exact) mass is 252 g/mol. The summed E-state index contributed by atoms with van der Waals surface area (Å²) in [6.45, 7) is 7.44. The summed E-state index contributed by atoms with van der Waals surface area (Å²) in [5.74, 6) is -0.0146. The van der Waals surface area contributed by atoms with Crippen LogP contribution in [0.25, 0.3) is 0 Å². The molecule has 18 heavy (non-hydrogen) atoms. The normalized spacial score (nSPS) is 12.4. The number of ketones is 1. The van der Waals surface area contributed by atoms with E-state index in [-0.39, 0.29) is 11.8 Å². The van der Waals surface area contributed by atoms with Crippen molar-refractivity contribution in [2.24, 2.45) is 0 Å². The number of rotatable bonds is 8. The highest BCUT2D eigenvalue weighted by Gasteiger charge is 1.95. The first-order chi connectivity index (χ1) is 8.41. The molecule has 102 valence electrons. The maximum Gasteiger partial charge on any atom is 0.302 e. The van der Waals surface area contributed by atoms with Gasteiger partial charge >= 0.3 is 5.97 Å². The molecule has 0 heterocycles. The highest BCUT2D eigenvalue weighted by Crippen LogP contribution is 2.09. The molecule has 0 atom stereocenters. The molecule has 3 heteroatoms. The van der Waals surface area contributed by atoms with Crippen molar-refractivity contribution in [1.29, 1.82) is 0 Å². The maximum absolute atomic E-state index is 10.8. The number of hydrogen-bond acceptors (Lipinski definition) is 3. The summed E-state index contributed by atoms with van der Waals surface area (Å²) in [5.41, 5.74) is 2.37. The van der Waals surface area contributed by atoms with Gasteiger partial charge in [-0.15, -0.1) is 0 Å². The molecule has 0 saturated heterocycles. The second-order valence-electron chi connectivity index (χ2n) is 4.66. The Balaban J connectivity index is 3.83. The van der Waals surface area contributed by atoms with Crippen molar-refractivity contribution in [1.82, 2.24) is 0 Å². The van der Waals surface area contributed by atoms with Crippen LogP contribution in [-0.4, -0.2) is 18.4 Å². The van der Waals surface area contributed by atoms with E-state index in [1.54, 1.807) is 6.92 Å². The molecule has 0 aliphatic heterocycles. The third-order valence-corrected chi connectivity index (χ3v) is 2.52. The van der Waals surface area contributed by atoms with E-state index in [2.05, 4.69) is 19.1 Å². The molecule has 0 aliphatic carbocycles. The molecule has 0 fully saturated rings. The summed E-state index contributed by atoms with van der Waals surface area (Å²) in [4.78, 5) is 21.4. The standard InChI is InChI=1S/C15H24O3/c1-12(8-6-10-14(3)16)7-5-9-13(2)11-18-15(4)17/h8-9H,5-7,10-11H2,1-4H3. The predicted molar refractivity (Wildman–Crippen MR) is 73.3 cm³/mol. The zero-order valence-electron chi connectivity index (χ0n) is 11.9. The van der Waals surface area contributed by atoms with Crippen molar-refractivity contribution in [2.45, 2.75) is 53.4 Å². The summed E-state index contributed by atoms with van der Waals surface area (Å²) in [7, 11) is 0. The molecule has 0 aromatic carbocycles. The Hall–Kier alpha value is -1.38. The van der Waals surface area contributed by atoms with E-state index in [1.807, 2.05) is 6.92 Å². The van der Waals surface area contributed by atoms with E-state index in [9.17, 15) is 9.59 Å². The van der Waals surface area contributed by atoms with Crippen molar-refractivity contribution in [3.63, 3.8) is 0 Å². The molecule has 0 unspecified atom stereocenters. The Kier molecular flexibility index (Phi) is 8.89. The van der Waals surface area contributed by atoms with Gasteiger partial charge in [-0.1, -0.05) is 17.7 Å². The van der Waals surface area contributed by atoms with Crippen LogP contribution in [0.1, 0.15) is 53.4 Å². The van der Waals surface area contributed by atoms with Crippen LogP contribution in [0.3, 0.4) is 0 Å². The fraction of sp³-hybridized carbons (Fsp3) is 0.600. The van der Waals surface area contributed by atoms with E-state index < -0.39 is 0 Å². The van der Waals surface area contributed by atoms with Gasteiger partial charge in [0.2, 0.25) is 0 Å². The number of ether oxygens (including phenoxy) is 1. The van der Waals surface area contributed by atoms with E-state index in [4.69, 9.17) is 4.74 Å². The van der Waals surface area contributed by atoms with Gasteiger partial charge in [0.25, 0.3) is 0 Å². The maximum atomic E-state index is 10.8. The fourth-order valence-electron chi connectivity index (χ4n) is 1.44. The zero-order valence-corrected chi connectivity index (χ0v) is 11.9. The largest absolute Gasteiger partial charge is 0.461 e. The van der Waals surface area contributed by atoms with Gasteiger partial charge in [-0.2, -0.15) is 0 Å². The molecule has 3 nitrogen and oxygen atoms in total. The Morgan fingerprint density at radius 2 is 1.44 bits per heavy atom. The number of allylic oxidation sites excluding steroid dienone is 3. The molecule has 0 amide bonds. The second-order valence-corrected chi connectivity index (χ2v) is 4.66. The predicted octanol–water partition coefficient (Wildman–Crippen LogP) is 3.59. The van der Waals surface area contributed by atoms with E-state index in [1.165, 1.54) is 12.5 Å². The molecule has 0 bridgehead atoms. The van der Waals surface area contributed by atoms with Gasteiger partial charge in [-0.25, -0.2) is 0 Å². The Morgan fingerprint density at radius 3 is 2.00 bits per heavy atom. The average Bonchev–Trinajstić information content (AvgIpc) is 2.25. The SMILES string of the molecule is CC(=O)CCC=C(C)CCC=C(C)COC(C)=O. The lowest BCUT2D eigenvalue weighted by Crippen LogP contribution is -2.01. The summed E-state index contributed by atoms with van der Waals surface area (Å²) in [6, 6.07) is 0. The van der Waals surface area contributed by atoms with Crippen molar-refractivity contribution < 1.29 is 14.3 Å². The van der Waals surface area contributed by atoms with Crippen LogP contribution in [0.5, 0.6) is 0 Å². The molecule has 0 N–H and O–H groups in total. The molecule has 0 aliphatic rings. The summed E-state index contributed by atoms with van der Waals surface area (Å²) in [6.07, 6.45) is 7.59. The third kappa shape index (κ3) is 11.1. The lowest BCUT2D eigenvalue weighted by atomic mass is 10.1. The first-order valence-corrected chi connectivity index (χ1v) is 6.36. The van der Waals surface area contributed by atoms with Crippen molar-refractivity contribution in [3.8, 4) is 0 Å². The minimum Gasteiger partial charge on any atom is -0.461 e. The number of carbonyl (C=O) groups is 2. The first kappa shape index (κ1) is 16.6. The van der Waals surface area contributed by atoms with Gasteiger partial charge in [0.1, 0.15) is 12.4 Å². The van der Waals surface area contributed by atoms with Crippen molar-refractivity contribution in [2.75, 3.05) is 6.61 Å². The molecular formula is C15H24O3. The molecule has 0 spiro atoms. The van der Waals surface area contributed by atoms with Crippen LogP contribution in [-0.2, 0) is 14.3 Å². The van der Waals surface area contributed by atoms with Gasteiger partial charge in [0, 0.05) is 13.3 Å². The highest BCUT2D eigenvalue weighted by atomic mass is 16.5. The van der Waals surface area contributed by atoms with Crippen molar-refractivity contribution >= 4 is 11.8 Å². The third-order valence-electron chi connectivity index (χ3n) is 2.52. The highest BCUT2D eigenvalue weighted by molar-refractivity contribution is 5.75. The van der Waals surface area contributed by atoms with Gasteiger partial charge < -0.3 is 9.53 Å². The number of Topliss-reactive ketones (excluding diaryl/α,β-unsaturated/α-hetero) is 1.